The Labute approximate surface area is 162 Å². The number of hydrogen-bond donors (Lipinski definition) is 2. The summed E-state index contributed by atoms with van der Waals surface area (Å²) in [5.74, 6) is 0.817. The van der Waals surface area contributed by atoms with Gasteiger partial charge in [0, 0.05) is 30.1 Å². The van der Waals surface area contributed by atoms with Crippen molar-refractivity contribution in [3.8, 4) is 5.75 Å². The number of hydrogen-bond acceptors (Lipinski definition) is 4. The van der Waals surface area contributed by atoms with Gasteiger partial charge in [-0.2, -0.15) is 5.10 Å². The van der Waals surface area contributed by atoms with Gasteiger partial charge in [0.1, 0.15) is 11.9 Å². The van der Waals surface area contributed by atoms with Crippen LogP contribution in [0.5, 0.6) is 5.75 Å². The summed E-state index contributed by atoms with van der Waals surface area (Å²) in [6.45, 7) is 2.77. The third-order valence-electron chi connectivity index (χ3n) is 5.43. The number of fused-ring (bicyclic) bond motifs is 2. The van der Waals surface area contributed by atoms with Gasteiger partial charge in [0.2, 0.25) is 0 Å². The van der Waals surface area contributed by atoms with E-state index in [0.717, 1.165) is 54.8 Å². The predicted molar refractivity (Wildman–Crippen MR) is 110 cm³/mol. The Kier molecular flexibility index (Phi) is 4.33. The Morgan fingerprint density at radius 3 is 3.04 bits per heavy atom. The standard InChI is InChI=1S/C22H22N4O2/c27-22-18-8-7-16(12-15(18)9-10-23-22)28-17-4-3-11-26(13-17)14-21-19-5-1-2-6-20(19)24-25-21/h1-2,5-10,12,17H,3-4,11,13-14H2,(H,23,27)(H,24,25). The minimum absolute atomic E-state index is 0.0697. The first kappa shape index (κ1) is 17.0. The molecule has 0 radical (unpaired) electrons. The van der Waals surface area contributed by atoms with Crippen molar-refractivity contribution in [3.63, 3.8) is 0 Å². The van der Waals surface area contributed by atoms with Crippen molar-refractivity contribution in [1.82, 2.24) is 20.1 Å². The molecule has 1 unspecified atom stereocenters. The number of ether oxygens (including phenoxy) is 1. The van der Waals surface area contributed by atoms with Gasteiger partial charge in [-0.05, 0) is 55.1 Å². The number of pyridine rings is 1. The Bertz CT molecular complexity index is 1180. The summed E-state index contributed by atoms with van der Waals surface area (Å²) in [5, 5.41) is 10.4. The lowest BCUT2D eigenvalue weighted by molar-refractivity contribution is 0.0839. The van der Waals surface area contributed by atoms with E-state index in [1.165, 1.54) is 5.39 Å². The Hall–Kier alpha value is -3.12. The average Bonchev–Trinajstić information content (AvgIpc) is 3.11. The second-order valence-electron chi connectivity index (χ2n) is 7.39. The molecule has 1 aliphatic heterocycles. The van der Waals surface area contributed by atoms with E-state index >= 15 is 0 Å². The number of aromatic nitrogens is 3. The summed E-state index contributed by atoms with van der Waals surface area (Å²) < 4.78 is 6.26. The first-order valence-corrected chi connectivity index (χ1v) is 9.69. The molecule has 2 N–H and O–H groups in total. The quantitative estimate of drug-likeness (QED) is 0.574. The zero-order valence-electron chi connectivity index (χ0n) is 15.5. The molecular formula is C22H22N4O2. The number of para-hydroxylation sites is 1. The third-order valence-corrected chi connectivity index (χ3v) is 5.43. The van der Waals surface area contributed by atoms with Crippen LogP contribution in [0.4, 0.5) is 0 Å². The van der Waals surface area contributed by atoms with Crippen molar-refractivity contribution < 1.29 is 4.74 Å². The molecule has 5 rings (SSSR count). The number of benzene rings is 2. The molecule has 1 saturated heterocycles. The van der Waals surface area contributed by atoms with Gasteiger partial charge in [0.05, 0.1) is 11.2 Å². The number of nitrogens with one attached hydrogen (secondary N) is 2. The van der Waals surface area contributed by atoms with E-state index in [2.05, 4.69) is 26.1 Å². The summed E-state index contributed by atoms with van der Waals surface area (Å²) in [7, 11) is 0. The van der Waals surface area contributed by atoms with E-state index in [9.17, 15) is 4.79 Å². The number of H-pyrrole nitrogens is 2. The molecule has 142 valence electrons. The monoisotopic (exact) mass is 374 g/mol. The molecule has 3 heterocycles. The number of likely N-dealkylation sites (tertiary alicyclic amines) is 1. The van der Waals surface area contributed by atoms with Crippen LogP contribution in [0.2, 0.25) is 0 Å². The largest absolute Gasteiger partial charge is 0.489 e. The van der Waals surface area contributed by atoms with Crippen LogP contribution in [-0.2, 0) is 6.54 Å². The predicted octanol–water partition coefficient (Wildman–Crippen LogP) is 3.45. The Morgan fingerprint density at radius 2 is 2.07 bits per heavy atom. The van der Waals surface area contributed by atoms with Gasteiger partial charge in [-0.1, -0.05) is 18.2 Å². The van der Waals surface area contributed by atoms with Gasteiger partial charge in [0.25, 0.3) is 5.56 Å². The zero-order valence-corrected chi connectivity index (χ0v) is 15.5. The fraction of sp³-hybridized carbons (Fsp3) is 0.273. The topological polar surface area (TPSA) is 74.0 Å². The molecule has 1 fully saturated rings. The zero-order chi connectivity index (χ0) is 18.9. The van der Waals surface area contributed by atoms with Gasteiger partial charge >= 0.3 is 0 Å². The van der Waals surface area contributed by atoms with Crippen LogP contribution in [0, 0.1) is 0 Å². The summed E-state index contributed by atoms with van der Waals surface area (Å²) in [4.78, 5) is 17.0. The molecule has 0 spiro atoms. The van der Waals surface area contributed by atoms with Crippen LogP contribution >= 0.6 is 0 Å². The molecule has 0 amide bonds. The summed E-state index contributed by atoms with van der Waals surface area (Å²) in [6, 6.07) is 15.8. The molecule has 0 aliphatic carbocycles. The summed E-state index contributed by atoms with van der Waals surface area (Å²) in [5.41, 5.74) is 2.09. The second-order valence-corrected chi connectivity index (χ2v) is 7.39. The average molecular weight is 374 g/mol. The third kappa shape index (κ3) is 3.27. The van der Waals surface area contributed by atoms with Gasteiger partial charge in [-0.15, -0.1) is 0 Å². The van der Waals surface area contributed by atoms with Crippen molar-refractivity contribution in [2.24, 2.45) is 0 Å². The van der Waals surface area contributed by atoms with Crippen molar-refractivity contribution in [3.05, 3.63) is 70.8 Å². The molecule has 0 bridgehead atoms. The highest BCUT2D eigenvalue weighted by Gasteiger charge is 2.22. The fourth-order valence-electron chi connectivity index (χ4n) is 4.05. The van der Waals surface area contributed by atoms with E-state index in [1.54, 1.807) is 6.20 Å². The van der Waals surface area contributed by atoms with Crippen LogP contribution in [0.25, 0.3) is 21.7 Å². The molecule has 1 atom stereocenters. The van der Waals surface area contributed by atoms with Gasteiger partial charge in [0.15, 0.2) is 0 Å². The van der Waals surface area contributed by atoms with E-state index in [1.807, 2.05) is 42.5 Å². The molecule has 2 aromatic heterocycles. The first-order valence-electron chi connectivity index (χ1n) is 9.69. The maximum absolute atomic E-state index is 11.9. The summed E-state index contributed by atoms with van der Waals surface area (Å²) >= 11 is 0. The second kappa shape index (κ2) is 7.13. The van der Waals surface area contributed by atoms with Crippen molar-refractivity contribution in [1.29, 1.82) is 0 Å². The first-order chi connectivity index (χ1) is 13.8. The maximum Gasteiger partial charge on any atom is 0.255 e. The van der Waals surface area contributed by atoms with Crippen molar-refractivity contribution in [2.75, 3.05) is 13.1 Å². The smallest absolute Gasteiger partial charge is 0.255 e. The minimum atomic E-state index is -0.0697. The molecule has 4 aromatic rings. The van der Waals surface area contributed by atoms with E-state index in [4.69, 9.17) is 4.74 Å². The molecule has 28 heavy (non-hydrogen) atoms. The van der Waals surface area contributed by atoms with Gasteiger partial charge < -0.3 is 9.72 Å². The molecule has 1 aliphatic rings. The van der Waals surface area contributed by atoms with Crippen LogP contribution in [0.3, 0.4) is 0 Å². The number of rotatable bonds is 4. The minimum Gasteiger partial charge on any atom is -0.489 e. The van der Waals surface area contributed by atoms with E-state index in [-0.39, 0.29) is 11.7 Å². The van der Waals surface area contributed by atoms with E-state index in [0.29, 0.717) is 5.39 Å². The lowest BCUT2D eigenvalue weighted by atomic mass is 10.1. The molecule has 0 saturated carbocycles. The van der Waals surface area contributed by atoms with Gasteiger partial charge in [-0.3, -0.25) is 14.8 Å². The fourth-order valence-corrected chi connectivity index (χ4v) is 4.05. The molecule has 6 heteroatoms. The normalized spacial score (nSPS) is 17.9. The molecular weight excluding hydrogens is 352 g/mol. The van der Waals surface area contributed by atoms with E-state index < -0.39 is 0 Å². The molecule has 6 nitrogen and oxygen atoms in total. The number of piperidine rings is 1. The lowest BCUT2D eigenvalue weighted by Gasteiger charge is -2.32. The highest BCUT2D eigenvalue weighted by molar-refractivity contribution is 5.82. The van der Waals surface area contributed by atoms with Crippen molar-refractivity contribution in [2.45, 2.75) is 25.5 Å². The van der Waals surface area contributed by atoms with Crippen LogP contribution < -0.4 is 10.3 Å². The highest BCUT2D eigenvalue weighted by Crippen LogP contribution is 2.24. The maximum atomic E-state index is 11.9. The number of aromatic amines is 2. The Balaban J connectivity index is 1.30. The Morgan fingerprint density at radius 1 is 1.14 bits per heavy atom. The summed E-state index contributed by atoms with van der Waals surface area (Å²) in [6.07, 6.45) is 3.95. The lowest BCUT2D eigenvalue weighted by Crippen LogP contribution is -2.40. The SMILES string of the molecule is O=c1[nH]ccc2cc(OC3CCCN(Cc4[nH]nc5ccccc45)C3)ccc12. The highest BCUT2D eigenvalue weighted by atomic mass is 16.5. The van der Waals surface area contributed by atoms with Crippen LogP contribution in [0.15, 0.2) is 59.5 Å². The van der Waals surface area contributed by atoms with Crippen LogP contribution in [0.1, 0.15) is 18.5 Å². The van der Waals surface area contributed by atoms with Crippen molar-refractivity contribution >= 4 is 21.7 Å². The van der Waals surface area contributed by atoms with Crippen LogP contribution in [-0.4, -0.2) is 39.3 Å². The van der Waals surface area contributed by atoms with Gasteiger partial charge in [-0.25, -0.2) is 0 Å². The molecule has 2 aromatic carbocycles. The number of nitrogens with zero attached hydrogens (tertiary/aromatic N) is 2.